The number of anilines is 4. The van der Waals surface area contributed by atoms with Crippen LogP contribution in [0.5, 0.6) is 0 Å². The van der Waals surface area contributed by atoms with Crippen molar-refractivity contribution < 1.29 is 9.53 Å². The molecular formula is C20H27N5O2. The van der Waals surface area contributed by atoms with Crippen LogP contribution in [0.3, 0.4) is 0 Å². The van der Waals surface area contributed by atoms with Gasteiger partial charge in [0.1, 0.15) is 17.5 Å². The number of carbonyl (C=O) groups is 1. The van der Waals surface area contributed by atoms with Crippen molar-refractivity contribution in [3.8, 4) is 0 Å². The van der Waals surface area contributed by atoms with Crippen molar-refractivity contribution in [1.29, 1.82) is 0 Å². The van der Waals surface area contributed by atoms with Gasteiger partial charge in [-0.15, -0.1) is 0 Å². The average molecular weight is 369 g/mol. The number of nitrogens with zero attached hydrogens (tertiary/aromatic N) is 3. The van der Waals surface area contributed by atoms with Gasteiger partial charge in [-0.2, -0.15) is 0 Å². The molecule has 0 aliphatic carbocycles. The number of hydrogen-bond acceptors (Lipinski definition) is 6. The number of unbranched alkanes of at least 4 members (excludes halogenated alkanes) is 1. The molecular weight excluding hydrogens is 342 g/mol. The van der Waals surface area contributed by atoms with Gasteiger partial charge >= 0.3 is 0 Å². The molecule has 27 heavy (non-hydrogen) atoms. The molecule has 2 aromatic rings. The van der Waals surface area contributed by atoms with E-state index in [0.29, 0.717) is 6.42 Å². The highest BCUT2D eigenvalue weighted by atomic mass is 16.5. The Morgan fingerprint density at radius 3 is 2.56 bits per heavy atom. The first-order valence-electron chi connectivity index (χ1n) is 9.49. The second-order valence-corrected chi connectivity index (χ2v) is 6.61. The van der Waals surface area contributed by atoms with Gasteiger partial charge in [0.2, 0.25) is 5.91 Å². The summed E-state index contributed by atoms with van der Waals surface area (Å²) in [6, 6.07) is 9.60. The van der Waals surface area contributed by atoms with Crippen LogP contribution in [0.15, 0.2) is 30.3 Å². The lowest BCUT2D eigenvalue weighted by molar-refractivity contribution is -0.116. The summed E-state index contributed by atoms with van der Waals surface area (Å²) in [5.74, 6) is 2.44. The fraction of sp³-hybridized carbons (Fsp3) is 0.450. The number of aromatic nitrogens is 2. The smallest absolute Gasteiger partial charge is 0.224 e. The van der Waals surface area contributed by atoms with Gasteiger partial charge in [-0.25, -0.2) is 9.97 Å². The van der Waals surface area contributed by atoms with Crippen LogP contribution in [0, 0.1) is 6.92 Å². The summed E-state index contributed by atoms with van der Waals surface area (Å²) in [4.78, 5) is 23.0. The summed E-state index contributed by atoms with van der Waals surface area (Å²) in [7, 11) is 0. The minimum absolute atomic E-state index is 0.0548. The summed E-state index contributed by atoms with van der Waals surface area (Å²) in [6.07, 6.45) is 2.48. The fourth-order valence-electron chi connectivity index (χ4n) is 2.92. The zero-order valence-corrected chi connectivity index (χ0v) is 16.0. The van der Waals surface area contributed by atoms with E-state index in [1.807, 2.05) is 37.3 Å². The maximum atomic E-state index is 11.8. The predicted molar refractivity (Wildman–Crippen MR) is 108 cm³/mol. The molecule has 7 heteroatoms. The third-order valence-corrected chi connectivity index (χ3v) is 4.36. The lowest BCUT2D eigenvalue weighted by Crippen LogP contribution is -2.36. The molecule has 1 amide bonds. The van der Waals surface area contributed by atoms with E-state index < -0.39 is 0 Å². The number of carbonyl (C=O) groups excluding carboxylic acids is 1. The van der Waals surface area contributed by atoms with Crippen molar-refractivity contribution in [3.63, 3.8) is 0 Å². The van der Waals surface area contributed by atoms with E-state index in [4.69, 9.17) is 4.74 Å². The van der Waals surface area contributed by atoms with Gasteiger partial charge in [0.05, 0.1) is 13.2 Å². The molecule has 2 N–H and O–H groups in total. The second kappa shape index (κ2) is 9.32. The van der Waals surface area contributed by atoms with Crippen LogP contribution in [0.4, 0.5) is 23.0 Å². The van der Waals surface area contributed by atoms with Crippen molar-refractivity contribution in [2.75, 3.05) is 41.8 Å². The first kappa shape index (κ1) is 19.1. The number of hydrogen-bond donors (Lipinski definition) is 2. The lowest BCUT2D eigenvalue weighted by atomic mass is 10.2. The molecule has 1 fully saturated rings. The zero-order valence-electron chi connectivity index (χ0n) is 16.0. The first-order chi connectivity index (χ1) is 13.1. The summed E-state index contributed by atoms with van der Waals surface area (Å²) in [5, 5.41) is 6.24. The Morgan fingerprint density at radius 2 is 1.85 bits per heavy atom. The minimum atomic E-state index is 0.0548. The quantitative estimate of drug-likeness (QED) is 0.778. The molecule has 1 aliphatic heterocycles. The van der Waals surface area contributed by atoms with Gasteiger partial charge in [0.15, 0.2) is 0 Å². The molecule has 7 nitrogen and oxygen atoms in total. The maximum Gasteiger partial charge on any atom is 0.224 e. The summed E-state index contributed by atoms with van der Waals surface area (Å²) in [5.41, 5.74) is 1.71. The standard InChI is InChI=1S/C20H27N5O2/c1-3-4-5-20(26)24-17-8-6-16(7-9-17)23-18-14-19(22-15(2)21-18)25-10-12-27-13-11-25/h6-9,14H,3-5,10-13H2,1-2H3,(H,24,26)(H,21,22,23). The number of ether oxygens (including phenoxy) is 1. The Hall–Kier alpha value is -2.67. The number of aryl methyl sites for hydroxylation is 1. The van der Waals surface area contributed by atoms with Gasteiger partial charge in [-0.1, -0.05) is 13.3 Å². The van der Waals surface area contributed by atoms with Crippen LogP contribution < -0.4 is 15.5 Å². The van der Waals surface area contributed by atoms with Crippen molar-refractivity contribution in [2.45, 2.75) is 33.1 Å². The molecule has 0 saturated carbocycles. The molecule has 0 spiro atoms. The average Bonchev–Trinajstić information content (AvgIpc) is 2.68. The van der Waals surface area contributed by atoms with E-state index in [1.165, 1.54) is 0 Å². The van der Waals surface area contributed by atoms with Gasteiger partial charge < -0.3 is 20.3 Å². The number of morpholine rings is 1. The van der Waals surface area contributed by atoms with Crippen molar-refractivity contribution in [1.82, 2.24) is 9.97 Å². The number of amides is 1. The molecule has 0 atom stereocenters. The third-order valence-electron chi connectivity index (χ3n) is 4.36. The van der Waals surface area contributed by atoms with Crippen LogP contribution in [0.1, 0.15) is 32.0 Å². The maximum absolute atomic E-state index is 11.8. The molecule has 0 radical (unpaired) electrons. The van der Waals surface area contributed by atoms with Gasteiger partial charge in [-0.3, -0.25) is 4.79 Å². The Morgan fingerprint density at radius 1 is 1.15 bits per heavy atom. The van der Waals surface area contributed by atoms with E-state index in [-0.39, 0.29) is 5.91 Å². The second-order valence-electron chi connectivity index (χ2n) is 6.61. The van der Waals surface area contributed by atoms with Crippen LogP contribution in [0.25, 0.3) is 0 Å². The van der Waals surface area contributed by atoms with Crippen molar-refractivity contribution >= 4 is 28.9 Å². The predicted octanol–water partition coefficient (Wildman–Crippen LogP) is 3.49. The number of benzene rings is 1. The molecule has 2 heterocycles. The van der Waals surface area contributed by atoms with Crippen LogP contribution in [-0.2, 0) is 9.53 Å². The highest BCUT2D eigenvalue weighted by Crippen LogP contribution is 2.22. The summed E-state index contributed by atoms with van der Waals surface area (Å²) in [6.45, 7) is 7.08. The largest absolute Gasteiger partial charge is 0.378 e. The van der Waals surface area contributed by atoms with E-state index >= 15 is 0 Å². The summed E-state index contributed by atoms with van der Waals surface area (Å²) >= 11 is 0. The molecule has 144 valence electrons. The SMILES string of the molecule is CCCCC(=O)Nc1ccc(Nc2cc(N3CCOCC3)nc(C)n2)cc1. The normalized spacial score (nSPS) is 14.1. The van der Waals surface area contributed by atoms with Crippen LogP contribution >= 0.6 is 0 Å². The topological polar surface area (TPSA) is 79.4 Å². The Balaban J connectivity index is 1.64. The van der Waals surface area contributed by atoms with Crippen molar-refractivity contribution in [3.05, 3.63) is 36.2 Å². The van der Waals surface area contributed by atoms with Gasteiger partial charge in [-0.05, 0) is 37.6 Å². The number of rotatable bonds is 7. The zero-order chi connectivity index (χ0) is 19.1. The molecule has 0 unspecified atom stereocenters. The highest BCUT2D eigenvalue weighted by molar-refractivity contribution is 5.90. The van der Waals surface area contributed by atoms with Crippen molar-refractivity contribution in [2.24, 2.45) is 0 Å². The van der Waals surface area contributed by atoms with Gasteiger partial charge in [0.25, 0.3) is 0 Å². The molecule has 1 aromatic heterocycles. The molecule has 1 saturated heterocycles. The fourth-order valence-corrected chi connectivity index (χ4v) is 2.92. The molecule has 3 rings (SSSR count). The monoisotopic (exact) mass is 369 g/mol. The Labute approximate surface area is 160 Å². The molecule has 1 aliphatic rings. The first-order valence-corrected chi connectivity index (χ1v) is 9.49. The third kappa shape index (κ3) is 5.65. The minimum Gasteiger partial charge on any atom is -0.378 e. The highest BCUT2D eigenvalue weighted by Gasteiger charge is 2.14. The number of nitrogens with one attached hydrogen (secondary N) is 2. The van der Waals surface area contributed by atoms with Crippen LogP contribution in [-0.4, -0.2) is 42.2 Å². The Bertz CT molecular complexity index is 757. The van der Waals surface area contributed by atoms with E-state index in [0.717, 1.165) is 68.0 Å². The van der Waals surface area contributed by atoms with Crippen LogP contribution in [0.2, 0.25) is 0 Å². The van der Waals surface area contributed by atoms with E-state index in [2.05, 4.69) is 32.4 Å². The summed E-state index contributed by atoms with van der Waals surface area (Å²) < 4.78 is 5.41. The Kier molecular flexibility index (Phi) is 6.59. The van der Waals surface area contributed by atoms with Gasteiger partial charge in [0, 0.05) is 37.0 Å². The molecule has 0 bridgehead atoms. The van der Waals surface area contributed by atoms with E-state index in [9.17, 15) is 4.79 Å². The van der Waals surface area contributed by atoms with E-state index in [1.54, 1.807) is 0 Å². The lowest BCUT2D eigenvalue weighted by Gasteiger charge is -2.28. The molecule has 1 aromatic carbocycles.